The Kier molecular flexibility index (Phi) is 4.84. The molecule has 0 aliphatic carbocycles. The van der Waals surface area contributed by atoms with Crippen LogP contribution < -0.4 is 0 Å². The predicted octanol–water partition coefficient (Wildman–Crippen LogP) is 3.51. The first-order valence-electron chi connectivity index (χ1n) is 6.68. The van der Waals surface area contributed by atoms with Crippen molar-refractivity contribution in [2.24, 2.45) is 0 Å². The maximum atomic E-state index is 12.5. The molecule has 1 heterocycles. The van der Waals surface area contributed by atoms with Gasteiger partial charge in [-0.25, -0.2) is 13.8 Å². The summed E-state index contributed by atoms with van der Waals surface area (Å²) < 4.78 is 26.9. The lowest BCUT2D eigenvalue weighted by atomic mass is 10.0. The van der Waals surface area contributed by atoms with Gasteiger partial charge in [0.2, 0.25) is 0 Å². The van der Waals surface area contributed by atoms with Crippen molar-refractivity contribution in [1.29, 1.82) is 0 Å². The zero-order valence-corrected chi connectivity index (χ0v) is 11.3. The molecule has 1 aromatic heterocycles. The van der Waals surface area contributed by atoms with Gasteiger partial charge in [-0.2, -0.15) is 0 Å². The van der Waals surface area contributed by atoms with Crippen LogP contribution in [0.4, 0.5) is 8.78 Å². The molecule has 1 atom stereocenters. The molecule has 1 N–H and O–H groups in total. The topological polar surface area (TPSA) is 38.0 Å². The van der Waals surface area contributed by atoms with Crippen molar-refractivity contribution in [2.75, 3.05) is 0 Å². The van der Waals surface area contributed by atoms with Gasteiger partial charge in [-0.05, 0) is 12.0 Å². The molecule has 5 heteroatoms. The highest BCUT2D eigenvalue weighted by atomic mass is 19.3. The highest BCUT2D eigenvalue weighted by molar-refractivity contribution is 5.25. The van der Waals surface area contributed by atoms with Gasteiger partial charge in [0.15, 0.2) is 0 Å². The SMILES string of the molecule is CCCn1ccnc1CC(O)c1ccc(C(F)F)cc1. The van der Waals surface area contributed by atoms with Crippen molar-refractivity contribution in [2.45, 2.75) is 38.8 Å². The Balaban J connectivity index is 2.07. The number of hydrogen-bond acceptors (Lipinski definition) is 2. The van der Waals surface area contributed by atoms with Crippen LogP contribution in [0.5, 0.6) is 0 Å². The zero-order valence-electron chi connectivity index (χ0n) is 11.3. The molecule has 0 saturated carbocycles. The van der Waals surface area contributed by atoms with E-state index in [0.717, 1.165) is 18.8 Å². The number of aliphatic hydroxyl groups is 1. The van der Waals surface area contributed by atoms with Crippen LogP contribution in [0.3, 0.4) is 0 Å². The van der Waals surface area contributed by atoms with Gasteiger partial charge in [-0.1, -0.05) is 31.2 Å². The van der Waals surface area contributed by atoms with Gasteiger partial charge in [0.25, 0.3) is 6.43 Å². The van der Waals surface area contributed by atoms with Crippen molar-refractivity contribution in [3.63, 3.8) is 0 Å². The predicted molar refractivity (Wildman–Crippen MR) is 72.6 cm³/mol. The molecule has 0 spiro atoms. The second kappa shape index (κ2) is 6.61. The van der Waals surface area contributed by atoms with E-state index >= 15 is 0 Å². The quantitative estimate of drug-likeness (QED) is 0.879. The molecular formula is C15H18F2N2O. The van der Waals surface area contributed by atoms with E-state index in [-0.39, 0.29) is 5.56 Å². The summed E-state index contributed by atoms with van der Waals surface area (Å²) in [7, 11) is 0. The summed E-state index contributed by atoms with van der Waals surface area (Å²) in [5.41, 5.74) is 0.592. The molecule has 3 nitrogen and oxygen atoms in total. The Bertz CT molecular complexity index is 537. The van der Waals surface area contributed by atoms with Crippen LogP contribution in [-0.2, 0) is 13.0 Å². The van der Waals surface area contributed by atoms with Gasteiger partial charge in [0, 0.05) is 30.9 Å². The van der Waals surface area contributed by atoms with Crippen molar-refractivity contribution in [3.05, 3.63) is 53.6 Å². The minimum atomic E-state index is -2.48. The van der Waals surface area contributed by atoms with Crippen molar-refractivity contribution in [3.8, 4) is 0 Å². The second-order valence-electron chi connectivity index (χ2n) is 4.72. The van der Waals surface area contributed by atoms with Gasteiger partial charge in [-0.3, -0.25) is 0 Å². The highest BCUT2D eigenvalue weighted by Gasteiger charge is 2.13. The third kappa shape index (κ3) is 3.42. The lowest BCUT2D eigenvalue weighted by Gasteiger charge is -2.13. The smallest absolute Gasteiger partial charge is 0.263 e. The van der Waals surface area contributed by atoms with Crippen LogP contribution in [0.2, 0.25) is 0 Å². The molecular weight excluding hydrogens is 262 g/mol. The number of alkyl halides is 2. The first-order chi connectivity index (χ1) is 9.61. The summed E-state index contributed by atoms with van der Waals surface area (Å²) in [5.74, 6) is 0.803. The first-order valence-corrected chi connectivity index (χ1v) is 6.68. The Hall–Kier alpha value is -1.75. The normalized spacial score (nSPS) is 12.8. The number of rotatable bonds is 6. The third-order valence-electron chi connectivity index (χ3n) is 3.22. The van der Waals surface area contributed by atoms with Crippen LogP contribution >= 0.6 is 0 Å². The van der Waals surface area contributed by atoms with Gasteiger partial charge < -0.3 is 9.67 Å². The lowest BCUT2D eigenvalue weighted by Crippen LogP contribution is -2.09. The molecule has 20 heavy (non-hydrogen) atoms. The van der Waals surface area contributed by atoms with Crippen LogP contribution in [0, 0.1) is 0 Å². The molecule has 1 aromatic carbocycles. The molecule has 0 saturated heterocycles. The fraction of sp³-hybridized carbons (Fsp3) is 0.400. The number of halogens is 2. The Morgan fingerprint density at radius 2 is 1.85 bits per heavy atom. The number of hydrogen-bond donors (Lipinski definition) is 1. The van der Waals surface area contributed by atoms with Gasteiger partial charge in [0.1, 0.15) is 5.82 Å². The third-order valence-corrected chi connectivity index (χ3v) is 3.22. The van der Waals surface area contributed by atoms with Crippen LogP contribution in [0.25, 0.3) is 0 Å². The summed E-state index contributed by atoms with van der Waals surface area (Å²) in [5, 5.41) is 10.2. The number of aliphatic hydroxyl groups excluding tert-OH is 1. The summed E-state index contributed by atoms with van der Waals surface area (Å²) in [6, 6.07) is 5.78. The van der Waals surface area contributed by atoms with Gasteiger partial charge in [-0.15, -0.1) is 0 Å². The summed E-state index contributed by atoms with van der Waals surface area (Å²) in [6.07, 6.45) is 1.73. The monoisotopic (exact) mass is 280 g/mol. The maximum Gasteiger partial charge on any atom is 0.263 e. The van der Waals surface area contributed by atoms with Crippen molar-refractivity contribution in [1.82, 2.24) is 9.55 Å². The Morgan fingerprint density at radius 1 is 1.20 bits per heavy atom. The van der Waals surface area contributed by atoms with Crippen LogP contribution in [-0.4, -0.2) is 14.7 Å². The minimum absolute atomic E-state index is 0.0339. The van der Waals surface area contributed by atoms with E-state index in [4.69, 9.17) is 0 Å². The molecule has 2 aromatic rings. The minimum Gasteiger partial charge on any atom is -0.388 e. The molecule has 0 fully saturated rings. The molecule has 1 unspecified atom stereocenters. The Morgan fingerprint density at radius 3 is 2.45 bits per heavy atom. The average Bonchev–Trinajstić information content (AvgIpc) is 2.86. The standard InChI is InChI=1S/C15H18F2N2O/c1-2-8-19-9-7-18-14(19)10-13(20)11-3-5-12(6-4-11)15(16)17/h3-7,9,13,15,20H,2,8,10H2,1H3. The number of nitrogens with zero attached hydrogens (tertiary/aromatic N) is 2. The average molecular weight is 280 g/mol. The highest BCUT2D eigenvalue weighted by Crippen LogP contribution is 2.23. The van der Waals surface area contributed by atoms with E-state index in [2.05, 4.69) is 11.9 Å². The van der Waals surface area contributed by atoms with Crippen molar-refractivity contribution >= 4 is 0 Å². The van der Waals surface area contributed by atoms with E-state index in [1.54, 1.807) is 18.3 Å². The van der Waals surface area contributed by atoms with E-state index in [1.165, 1.54) is 12.1 Å². The second-order valence-corrected chi connectivity index (χ2v) is 4.72. The number of imidazole rings is 1. The lowest BCUT2D eigenvalue weighted by molar-refractivity contribution is 0.150. The molecule has 108 valence electrons. The summed E-state index contributed by atoms with van der Waals surface area (Å²) in [4.78, 5) is 4.23. The number of aromatic nitrogens is 2. The fourth-order valence-electron chi connectivity index (χ4n) is 2.13. The van der Waals surface area contributed by atoms with Crippen LogP contribution in [0.1, 0.15) is 42.8 Å². The van der Waals surface area contributed by atoms with Crippen molar-refractivity contribution < 1.29 is 13.9 Å². The molecule has 2 rings (SSSR count). The zero-order chi connectivity index (χ0) is 14.5. The Labute approximate surface area is 116 Å². The molecule has 0 aliphatic heterocycles. The van der Waals surface area contributed by atoms with Gasteiger partial charge in [0.05, 0.1) is 6.10 Å². The van der Waals surface area contributed by atoms with E-state index in [0.29, 0.717) is 12.0 Å². The summed E-state index contributed by atoms with van der Waals surface area (Å²) in [6.45, 7) is 2.93. The number of benzene rings is 1. The summed E-state index contributed by atoms with van der Waals surface area (Å²) >= 11 is 0. The largest absolute Gasteiger partial charge is 0.388 e. The maximum absolute atomic E-state index is 12.5. The van der Waals surface area contributed by atoms with Gasteiger partial charge >= 0.3 is 0 Å². The molecule has 0 amide bonds. The molecule has 0 radical (unpaired) electrons. The van der Waals surface area contributed by atoms with E-state index < -0.39 is 12.5 Å². The molecule has 0 bridgehead atoms. The van der Waals surface area contributed by atoms with E-state index in [9.17, 15) is 13.9 Å². The number of aryl methyl sites for hydroxylation is 1. The fourth-order valence-corrected chi connectivity index (χ4v) is 2.13. The first kappa shape index (κ1) is 14.7. The van der Waals surface area contributed by atoms with E-state index in [1.807, 2.05) is 10.8 Å². The molecule has 0 aliphatic rings. The van der Waals surface area contributed by atoms with Crippen LogP contribution in [0.15, 0.2) is 36.7 Å².